The molecule has 1 rings (SSSR count). The first-order valence-corrected chi connectivity index (χ1v) is 5.37. The highest BCUT2D eigenvalue weighted by molar-refractivity contribution is 6.42. The summed E-state index contributed by atoms with van der Waals surface area (Å²) in [6.07, 6.45) is 0. The van der Waals surface area contributed by atoms with Gasteiger partial charge in [0.25, 0.3) is 0 Å². The molecule has 0 spiro atoms. The van der Waals surface area contributed by atoms with Crippen molar-refractivity contribution in [1.29, 1.82) is 10.8 Å². The maximum atomic E-state index is 7.44. The van der Waals surface area contributed by atoms with Crippen molar-refractivity contribution >= 4 is 47.5 Å². The lowest BCUT2D eigenvalue weighted by Gasteiger charge is -2.12. The van der Waals surface area contributed by atoms with E-state index in [1.165, 1.54) is 0 Å². The molecule has 0 aliphatic rings. The van der Waals surface area contributed by atoms with Crippen molar-refractivity contribution in [2.45, 2.75) is 6.54 Å². The van der Waals surface area contributed by atoms with Crippen LogP contribution in [0.1, 0.15) is 5.56 Å². The van der Waals surface area contributed by atoms with Gasteiger partial charge in [-0.2, -0.15) is 0 Å². The normalized spacial score (nSPS) is 9.00. The second kappa shape index (κ2) is 7.86. The van der Waals surface area contributed by atoms with Gasteiger partial charge in [-0.1, -0.05) is 35.3 Å². The summed E-state index contributed by atoms with van der Waals surface area (Å²) < 4.78 is 0. The molecule has 0 radical (unpaired) electrons. The molecule has 9 heteroatoms. The Morgan fingerprint density at radius 1 is 1.22 bits per heavy atom. The first-order chi connectivity index (χ1) is 8.00. The molecule has 0 aliphatic carbocycles. The van der Waals surface area contributed by atoms with Crippen molar-refractivity contribution in [2.75, 3.05) is 0 Å². The van der Waals surface area contributed by atoms with E-state index in [0.717, 1.165) is 5.56 Å². The van der Waals surface area contributed by atoms with Crippen LogP contribution in [0.2, 0.25) is 10.0 Å². The molecule has 0 saturated carbocycles. The Morgan fingerprint density at radius 3 is 2.50 bits per heavy atom. The van der Waals surface area contributed by atoms with E-state index in [9.17, 15) is 0 Å². The molecule has 7 N–H and O–H groups in total. The van der Waals surface area contributed by atoms with Crippen LogP contribution in [0.15, 0.2) is 18.2 Å². The van der Waals surface area contributed by atoms with Crippen LogP contribution in [0.5, 0.6) is 0 Å². The minimum Gasteiger partial charge on any atom is -0.369 e. The Morgan fingerprint density at radius 2 is 1.89 bits per heavy atom. The third kappa shape index (κ3) is 5.31. The molecule has 18 heavy (non-hydrogen) atoms. The van der Waals surface area contributed by atoms with Gasteiger partial charge in [0, 0.05) is 6.54 Å². The Labute approximate surface area is 121 Å². The molecule has 6 nitrogen and oxygen atoms in total. The molecule has 0 bridgehead atoms. The van der Waals surface area contributed by atoms with E-state index in [0.29, 0.717) is 16.6 Å². The Bertz CT molecular complexity index is 436. The molecule has 0 aromatic heterocycles. The van der Waals surface area contributed by atoms with E-state index in [-0.39, 0.29) is 24.3 Å². The maximum absolute atomic E-state index is 7.44. The highest BCUT2D eigenvalue weighted by atomic mass is 35.5. The second-order valence-corrected chi connectivity index (χ2v) is 3.89. The van der Waals surface area contributed by atoms with E-state index < -0.39 is 0 Å². The van der Waals surface area contributed by atoms with Crippen LogP contribution in [0.4, 0.5) is 0 Å². The van der Waals surface area contributed by atoms with Gasteiger partial charge >= 0.3 is 0 Å². The molecule has 0 amide bonds. The van der Waals surface area contributed by atoms with Crippen LogP contribution in [0, 0.1) is 10.8 Å². The average molecular weight is 312 g/mol. The molecule has 0 saturated heterocycles. The van der Waals surface area contributed by atoms with Gasteiger partial charge in [-0.3, -0.25) is 21.7 Å². The van der Waals surface area contributed by atoms with Gasteiger partial charge in [0.1, 0.15) is 0 Å². The first kappa shape index (κ1) is 16.6. The fourth-order valence-corrected chi connectivity index (χ4v) is 1.43. The molecule has 0 unspecified atom stereocenters. The zero-order chi connectivity index (χ0) is 12.8. The summed E-state index contributed by atoms with van der Waals surface area (Å²) in [5, 5.41) is 18.0. The number of hydrogen-bond acceptors (Lipinski definition) is 2. The third-order valence-electron chi connectivity index (χ3n) is 1.81. The van der Waals surface area contributed by atoms with Gasteiger partial charge in [0.05, 0.1) is 10.0 Å². The largest absolute Gasteiger partial charge is 0.369 e. The Balaban J connectivity index is 0.00000289. The predicted octanol–water partition coefficient (Wildman–Crippen LogP) is 1.43. The zero-order valence-corrected chi connectivity index (χ0v) is 11.5. The van der Waals surface area contributed by atoms with Crippen LogP contribution in [-0.2, 0) is 6.54 Å². The molecule has 1 aromatic rings. The first-order valence-electron chi connectivity index (χ1n) is 4.62. The molecule has 0 aliphatic heterocycles. The van der Waals surface area contributed by atoms with Crippen molar-refractivity contribution in [3.63, 3.8) is 0 Å². The quantitative estimate of drug-likeness (QED) is 0.282. The van der Waals surface area contributed by atoms with Gasteiger partial charge in [0.2, 0.25) is 11.9 Å². The van der Waals surface area contributed by atoms with E-state index in [1.807, 2.05) is 0 Å². The number of hydrogen-bond donors (Lipinski definition) is 6. The number of benzene rings is 1. The van der Waals surface area contributed by atoms with E-state index >= 15 is 0 Å². The molecule has 100 valence electrons. The summed E-state index contributed by atoms with van der Waals surface area (Å²) in [6, 6.07) is 5.26. The number of hydrazine groups is 1. The standard InChI is InChI=1S/C9H12Cl2N6.ClH/c10-6-3-1-2-5(7(6)11)4-15-9(14)17-16-8(12)13;/h1-3H,4H2,(H4,12,13,16)(H3,14,15,17);1H. The second-order valence-electron chi connectivity index (χ2n) is 3.11. The molecule has 0 fully saturated rings. The van der Waals surface area contributed by atoms with E-state index in [2.05, 4.69) is 16.2 Å². The lowest BCUT2D eigenvalue weighted by Crippen LogP contribution is -2.49. The summed E-state index contributed by atoms with van der Waals surface area (Å²) in [4.78, 5) is 0. The number of halogens is 3. The Kier molecular flexibility index (Phi) is 7.26. The highest BCUT2D eigenvalue weighted by Crippen LogP contribution is 2.25. The minimum atomic E-state index is -0.280. The summed E-state index contributed by atoms with van der Waals surface area (Å²) >= 11 is 11.8. The lowest BCUT2D eigenvalue weighted by atomic mass is 10.2. The van der Waals surface area contributed by atoms with Crippen LogP contribution in [0.3, 0.4) is 0 Å². The SMILES string of the molecule is Cl.N=C(N)NNC(=N)NCc1cccc(Cl)c1Cl. The van der Waals surface area contributed by atoms with Crippen molar-refractivity contribution < 1.29 is 0 Å². The van der Waals surface area contributed by atoms with Gasteiger partial charge in [-0.25, -0.2) is 0 Å². The Hall–Kier alpha value is -1.37. The zero-order valence-electron chi connectivity index (χ0n) is 9.18. The number of guanidine groups is 2. The lowest BCUT2D eigenvalue weighted by molar-refractivity contribution is 0.769. The van der Waals surface area contributed by atoms with Crippen molar-refractivity contribution in [3.8, 4) is 0 Å². The molecule has 1 aromatic carbocycles. The van der Waals surface area contributed by atoms with Crippen molar-refractivity contribution in [3.05, 3.63) is 33.8 Å². The topological polar surface area (TPSA) is 110 Å². The van der Waals surface area contributed by atoms with Crippen molar-refractivity contribution in [1.82, 2.24) is 16.2 Å². The fourth-order valence-electron chi connectivity index (χ4n) is 1.04. The summed E-state index contributed by atoms with van der Waals surface area (Å²) in [6.45, 7) is 0.338. The van der Waals surface area contributed by atoms with E-state index in [4.69, 9.17) is 39.8 Å². The monoisotopic (exact) mass is 310 g/mol. The molecule has 0 heterocycles. The highest BCUT2D eigenvalue weighted by Gasteiger charge is 2.04. The van der Waals surface area contributed by atoms with Gasteiger partial charge in [-0.15, -0.1) is 12.4 Å². The van der Waals surface area contributed by atoms with E-state index in [1.54, 1.807) is 18.2 Å². The summed E-state index contributed by atoms with van der Waals surface area (Å²) in [7, 11) is 0. The van der Waals surface area contributed by atoms with Crippen molar-refractivity contribution in [2.24, 2.45) is 5.73 Å². The molecule has 0 atom stereocenters. The fraction of sp³-hybridized carbons (Fsp3) is 0.111. The van der Waals surface area contributed by atoms with Crippen LogP contribution in [-0.4, -0.2) is 11.9 Å². The van der Waals surface area contributed by atoms with Gasteiger partial charge < -0.3 is 11.1 Å². The third-order valence-corrected chi connectivity index (χ3v) is 2.67. The number of nitrogens with one attached hydrogen (secondary N) is 5. The van der Waals surface area contributed by atoms with Gasteiger partial charge in [0.15, 0.2) is 0 Å². The molecular formula is C9H13Cl3N6. The predicted molar refractivity (Wildman–Crippen MR) is 76.5 cm³/mol. The van der Waals surface area contributed by atoms with Crippen LogP contribution >= 0.6 is 35.6 Å². The maximum Gasteiger partial charge on any atom is 0.207 e. The minimum absolute atomic E-state index is 0. The summed E-state index contributed by atoms with van der Waals surface area (Å²) in [5.41, 5.74) is 10.5. The van der Waals surface area contributed by atoms with Gasteiger partial charge in [-0.05, 0) is 11.6 Å². The average Bonchev–Trinajstić information content (AvgIpc) is 2.28. The van der Waals surface area contributed by atoms with Crippen LogP contribution < -0.4 is 21.9 Å². The smallest absolute Gasteiger partial charge is 0.207 e. The summed E-state index contributed by atoms with van der Waals surface area (Å²) in [5.74, 6) is -0.311. The number of rotatable bonds is 2. The molecular weight excluding hydrogens is 298 g/mol. The number of nitrogens with two attached hydrogens (primary N) is 1. The van der Waals surface area contributed by atoms with Crippen LogP contribution in [0.25, 0.3) is 0 Å².